The lowest BCUT2D eigenvalue weighted by molar-refractivity contribution is 0.0662. The van der Waals surface area contributed by atoms with Gasteiger partial charge in [-0.15, -0.1) is 0 Å². The van der Waals surface area contributed by atoms with E-state index in [2.05, 4.69) is 38.6 Å². The largest absolute Gasteiger partial charge is 0.381 e. The summed E-state index contributed by atoms with van der Waals surface area (Å²) in [5.74, 6) is 0. The van der Waals surface area contributed by atoms with Gasteiger partial charge in [0, 0.05) is 47.7 Å². The molecule has 0 amide bonds. The molecule has 0 spiro atoms. The first-order valence-corrected chi connectivity index (χ1v) is 9.29. The summed E-state index contributed by atoms with van der Waals surface area (Å²) < 4.78 is 7.48. The highest BCUT2D eigenvalue weighted by Gasteiger charge is 2.17. The average molecular weight is 370 g/mol. The van der Waals surface area contributed by atoms with Crippen molar-refractivity contribution in [2.45, 2.75) is 18.9 Å². The summed E-state index contributed by atoms with van der Waals surface area (Å²) in [6.07, 6.45) is 7.76. The third-order valence-corrected chi connectivity index (χ3v) is 5.19. The Kier molecular flexibility index (Phi) is 4.11. The van der Waals surface area contributed by atoms with Crippen LogP contribution in [0.15, 0.2) is 48.9 Å². The molecule has 4 heterocycles. The Morgan fingerprint density at radius 2 is 2.00 bits per heavy atom. The summed E-state index contributed by atoms with van der Waals surface area (Å²) in [5, 5.41) is 22.0. The molecule has 3 aromatic heterocycles. The lowest BCUT2D eigenvalue weighted by Crippen LogP contribution is -2.19. The second kappa shape index (κ2) is 6.91. The summed E-state index contributed by atoms with van der Waals surface area (Å²) in [7, 11) is 0. The van der Waals surface area contributed by atoms with Crippen LogP contribution in [0.25, 0.3) is 33.4 Å². The first-order chi connectivity index (χ1) is 13.8. The predicted octanol–water partition coefficient (Wildman–Crippen LogP) is 3.71. The first kappa shape index (κ1) is 16.7. The molecule has 0 saturated carbocycles. The van der Waals surface area contributed by atoms with Crippen LogP contribution in [-0.2, 0) is 4.74 Å². The highest BCUT2D eigenvalue weighted by atomic mass is 16.5. The van der Waals surface area contributed by atoms with Gasteiger partial charge < -0.3 is 4.74 Å². The molecule has 1 N–H and O–H groups in total. The zero-order valence-electron chi connectivity index (χ0n) is 15.2. The molecule has 0 radical (unpaired) electrons. The zero-order valence-corrected chi connectivity index (χ0v) is 15.2. The molecular formula is C21H18N6O. The van der Waals surface area contributed by atoms with Crippen LogP contribution in [0.1, 0.15) is 24.4 Å². The SMILES string of the molecule is N#Cc1cccc(-c2[nH]nc3ncc(-c4cnn(C5CCOCC5)c4)cc23)c1. The summed E-state index contributed by atoms with van der Waals surface area (Å²) in [5.41, 5.74) is 5.06. The number of nitrogens with one attached hydrogen (secondary N) is 1. The van der Waals surface area contributed by atoms with Crippen molar-refractivity contribution in [2.24, 2.45) is 0 Å². The second-order valence-electron chi connectivity index (χ2n) is 6.94. The van der Waals surface area contributed by atoms with Crippen molar-refractivity contribution in [2.75, 3.05) is 13.2 Å². The van der Waals surface area contributed by atoms with Crippen LogP contribution < -0.4 is 0 Å². The molecule has 1 fully saturated rings. The molecule has 0 atom stereocenters. The number of aromatic amines is 1. The van der Waals surface area contributed by atoms with E-state index >= 15 is 0 Å². The van der Waals surface area contributed by atoms with Crippen LogP contribution in [0, 0.1) is 11.3 Å². The third kappa shape index (κ3) is 2.94. The zero-order chi connectivity index (χ0) is 18.9. The molecule has 1 aliphatic rings. The number of ether oxygens (including phenoxy) is 1. The van der Waals surface area contributed by atoms with E-state index in [0.29, 0.717) is 17.3 Å². The molecule has 1 aliphatic heterocycles. The number of rotatable bonds is 3. The van der Waals surface area contributed by atoms with Gasteiger partial charge in [0.1, 0.15) is 0 Å². The van der Waals surface area contributed by atoms with Gasteiger partial charge in [-0.2, -0.15) is 15.5 Å². The van der Waals surface area contributed by atoms with E-state index in [-0.39, 0.29) is 0 Å². The number of hydrogen-bond acceptors (Lipinski definition) is 5. The number of benzene rings is 1. The summed E-state index contributed by atoms with van der Waals surface area (Å²) in [4.78, 5) is 4.50. The molecule has 0 unspecified atom stereocenters. The number of pyridine rings is 1. The Balaban J connectivity index is 1.53. The second-order valence-corrected chi connectivity index (χ2v) is 6.94. The lowest BCUT2D eigenvalue weighted by Gasteiger charge is -2.22. The quantitative estimate of drug-likeness (QED) is 0.593. The Bertz CT molecular complexity index is 1180. The molecule has 5 rings (SSSR count). The van der Waals surface area contributed by atoms with E-state index in [1.54, 1.807) is 6.07 Å². The maximum absolute atomic E-state index is 9.17. The predicted molar refractivity (Wildman–Crippen MR) is 104 cm³/mol. The minimum absolute atomic E-state index is 0.386. The number of fused-ring (bicyclic) bond motifs is 1. The van der Waals surface area contributed by atoms with E-state index in [4.69, 9.17) is 4.74 Å². The number of nitriles is 1. The van der Waals surface area contributed by atoms with Crippen LogP contribution >= 0.6 is 0 Å². The Morgan fingerprint density at radius 1 is 1.11 bits per heavy atom. The average Bonchev–Trinajstić information content (AvgIpc) is 3.41. The highest BCUT2D eigenvalue weighted by molar-refractivity contribution is 5.93. The minimum Gasteiger partial charge on any atom is -0.381 e. The molecule has 0 bridgehead atoms. The van der Waals surface area contributed by atoms with Gasteiger partial charge in [0.25, 0.3) is 0 Å². The summed E-state index contributed by atoms with van der Waals surface area (Å²) in [6.45, 7) is 1.57. The first-order valence-electron chi connectivity index (χ1n) is 9.29. The van der Waals surface area contributed by atoms with E-state index in [9.17, 15) is 5.26 Å². The maximum atomic E-state index is 9.17. The summed E-state index contributed by atoms with van der Waals surface area (Å²) >= 11 is 0. The van der Waals surface area contributed by atoms with Crippen molar-refractivity contribution in [3.05, 3.63) is 54.5 Å². The monoisotopic (exact) mass is 370 g/mol. The minimum atomic E-state index is 0.386. The van der Waals surface area contributed by atoms with Gasteiger partial charge in [-0.3, -0.25) is 9.78 Å². The third-order valence-electron chi connectivity index (χ3n) is 5.19. The smallest absolute Gasteiger partial charge is 0.181 e. The van der Waals surface area contributed by atoms with Crippen molar-refractivity contribution in [3.8, 4) is 28.5 Å². The van der Waals surface area contributed by atoms with Crippen LogP contribution in [0.2, 0.25) is 0 Å². The molecule has 28 heavy (non-hydrogen) atoms. The van der Waals surface area contributed by atoms with E-state index in [1.165, 1.54) is 0 Å². The molecule has 1 aromatic carbocycles. The highest BCUT2D eigenvalue weighted by Crippen LogP contribution is 2.30. The van der Waals surface area contributed by atoms with Crippen molar-refractivity contribution in [3.63, 3.8) is 0 Å². The van der Waals surface area contributed by atoms with E-state index < -0.39 is 0 Å². The normalized spacial score (nSPS) is 15.0. The standard InChI is InChI=1S/C21H18N6O/c22-10-14-2-1-3-15(8-14)20-19-9-16(11-23-21(19)26-25-20)17-12-24-27(13-17)18-4-6-28-7-5-18/h1-3,8-9,11-13,18H,4-7H2,(H,23,25,26). The fourth-order valence-electron chi connectivity index (χ4n) is 3.66. The van der Waals surface area contributed by atoms with Gasteiger partial charge in [-0.1, -0.05) is 12.1 Å². The fourth-order valence-corrected chi connectivity index (χ4v) is 3.66. The van der Waals surface area contributed by atoms with Crippen LogP contribution in [0.3, 0.4) is 0 Å². The molecule has 7 heteroatoms. The van der Waals surface area contributed by atoms with Gasteiger partial charge >= 0.3 is 0 Å². The van der Waals surface area contributed by atoms with Gasteiger partial charge in [-0.25, -0.2) is 4.98 Å². The lowest BCUT2D eigenvalue weighted by atomic mass is 10.0. The molecule has 4 aromatic rings. The van der Waals surface area contributed by atoms with Gasteiger partial charge in [0.05, 0.1) is 29.6 Å². The van der Waals surface area contributed by atoms with Gasteiger partial charge in [0.15, 0.2) is 5.65 Å². The topological polar surface area (TPSA) is 92.4 Å². The molecular weight excluding hydrogens is 352 g/mol. The van der Waals surface area contributed by atoms with Crippen molar-refractivity contribution in [1.29, 1.82) is 5.26 Å². The van der Waals surface area contributed by atoms with Crippen LogP contribution in [-0.4, -0.2) is 38.2 Å². The van der Waals surface area contributed by atoms with Crippen LogP contribution in [0.4, 0.5) is 0 Å². The fraction of sp³-hybridized carbons (Fsp3) is 0.238. The Morgan fingerprint density at radius 3 is 2.86 bits per heavy atom. The van der Waals surface area contributed by atoms with Crippen molar-refractivity contribution >= 4 is 11.0 Å². The number of aromatic nitrogens is 5. The molecule has 0 aliphatic carbocycles. The van der Waals surface area contributed by atoms with Crippen LogP contribution in [0.5, 0.6) is 0 Å². The molecule has 7 nitrogen and oxygen atoms in total. The number of H-pyrrole nitrogens is 1. The molecule has 1 saturated heterocycles. The van der Waals surface area contributed by atoms with E-state index in [1.807, 2.05) is 35.3 Å². The van der Waals surface area contributed by atoms with Gasteiger partial charge in [0.2, 0.25) is 0 Å². The van der Waals surface area contributed by atoms with Crippen molar-refractivity contribution < 1.29 is 4.74 Å². The Hall–Kier alpha value is -3.50. The maximum Gasteiger partial charge on any atom is 0.181 e. The number of hydrogen-bond donors (Lipinski definition) is 1. The molecule has 138 valence electrons. The number of nitrogens with zero attached hydrogens (tertiary/aromatic N) is 5. The van der Waals surface area contributed by atoms with E-state index in [0.717, 1.165) is 53.8 Å². The van der Waals surface area contributed by atoms with Gasteiger partial charge in [-0.05, 0) is 31.0 Å². The summed E-state index contributed by atoms with van der Waals surface area (Å²) in [6, 6.07) is 12.1. The Labute approximate surface area is 161 Å². The van der Waals surface area contributed by atoms with Crippen molar-refractivity contribution in [1.82, 2.24) is 25.0 Å².